The second kappa shape index (κ2) is 6.21. The first-order valence-electron chi connectivity index (χ1n) is 7.90. The van der Waals surface area contributed by atoms with Crippen LogP contribution in [0, 0.1) is 13.8 Å². The Morgan fingerprint density at radius 3 is 2.84 bits per heavy atom. The van der Waals surface area contributed by atoms with Crippen LogP contribution in [-0.4, -0.2) is 37.5 Å². The van der Waals surface area contributed by atoms with Gasteiger partial charge in [-0.15, -0.1) is 0 Å². The Balaban J connectivity index is 1.73. The minimum atomic E-state index is -1.29. The Labute approximate surface area is 144 Å². The fourth-order valence-electron chi connectivity index (χ4n) is 2.73. The Morgan fingerprint density at radius 2 is 2.24 bits per heavy atom. The number of aliphatic hydroxyl groups is 1. The molecule has 1 atom stereocenters. The van der Waals surface area contributed by atoms with Gasteiger partial charge in [-0.25, -0.2) is 0 Å². The summed E-state index contributed by atoms with van der Waals surface area (Å²) in [5.74, 6) is 0.0319. The third-order valence-electron chi connectivity index (χ3n) is 4.23. The predicted octanol–water partition coefficient (Wildman–Crippen LogP) is 1.66. The van der Waals surface area contributed by atoms with Crippen LogP contribution < -0.4 is 5.32 Å². The molecule has 0 fully saturated rings. The molecule has 0 saturated heterocycles. The number of hydrogen-bond donors (Lipinski definition) is 3. The molecule has 0 aliphatic rings. The molecule has 0 radical (unpaired) electrons. The molecule has 3 rings (SSSR count). The zero-order chi connectivity index (χ0) is 18.2. The van der Waals surface area contributed by atoms with Crippen LogP contribution in [0.15, 0.2) is 28.9 Å². The number of nitrogens with one attached hydrogen (secondary N) is 2. The van der Waals surface area contributed by atoms with Crippen molar-refractivity contribution in [1.29, 1.82) is 0 Å². The van der Waals surface area contributed by atoms with E-state index < -0.39 is 5.60 Å². The SMILES string of the molecule is Cc1nn(C)c(C)c1-c1cc(C(=O)NCC(C)(O)c2ccco2)[nH]n1. The number of aromatic nitrogens is 4. The van der Waals surface area contributed by atoms with Crippen LogP contribution in [-0.2, 0) is 12.6 Å². The first-order valence-corrected chi connectivity index (χ1v) is 7.90. The Bertz CT molecular complexity index is 890. The van der Waals surface area contributed by atoms with Gasteiger partial charge in [0.15, 0.2) is 0 Å². The van der Waals surface area contributed by atoms with Crippen molar-refractivity contribution < 1.29 is 14.3 Å². The monoisotopic (exact) mass is 343 g/mol. The Kier molecular flexibility index (Phi) is 4.22. The summed E-state index contributed by atoms with van der Waals surface area (Å²) in [6, 6.07) is 5.02. The lowest BCUT2D eigenvalue weighted by Crippen LogP contribution is -2.38. The smallest absolute Gasteiger partial charge is 0.269 e. The number of aromatic amines is 1. The summed E-state index contributed by atoms with van der Waals surface area (Å²) in [4.78, 5) is 12.3. The van der Waals surface area contributed by atoms with Crippen molar-refractivity contribution in [2.45, 2.75) is 26.4 Å². The van der Waals surface area contributed by atoms with Gasteiger partial charge in [-0.05, 0) is 39.0 Å². The van der Waals surface area contributed by atoms with E-state index in [0.717, 1.165) is 17.0 Å². The molecule has 3 aromatic heterocycles. The molecule has 3 aromatic rings. The fraction of sp³-hybridized carbons (Fsp3) is 0.353. The van der Waals surface area contributed by atoms with E-state index in [0.29, 0.717) is 17.1 Å². The van der Waals surface area contributed by atoms with Crippen molar-refractivity contribution in [3.05, 3.63) is 47.3 Å². The third-order valence-corrected chi connectivity index (χ3v) is 4.23. The molecule has 1 unspecified atom stereocenters. The highest BCUT2D eigenvalue weighted by molar-refractivity contribution is 5.93. The second-order valence-corrected chi connectivity index (χ2v) is 6.27. The lowest BCUT2D eigenvalue weighted by Gasteiger charge is -2.20. The molecule has 0 aliphatic carbocycles. The molecule has 1 amide bonds. The minimum absolute atomic E-state index is 0.0125. The summed E-state index contributed by atoms with van der Waals surface area (Å²) in [5.41, 5.74) is 2.40. The molecule has 3 N–H and O–H groups in total. The summed E-state index contributed by atoms with van der Waals surface area (Å²) in [7, 11) is 1.86. The lowest BCUT2D eigenvalue weighted by atomic mass is 10.0. The largest absolute Gasteiger partial charge is 0.466 e. The number of aryl methyl sites for hydroxylation is 2. The highest BCUT2D eigenvalue weighted by Gasteiger charge is 2.27. The summed E-state index contributed by atoms with van der Waals surface area (Å²) < 4.78 is 6.97. The minimum Gasteiger partial charge on any atom is -0.466 e. The van der Waals surface area contributed by atoms with Crippen LogP contribution in [0.3, 0.4) is 0 Å². The number of hydrogen-bond acceptors (Lipinski definition) is 5. The molecular weight excluding hydrogens is 322 g/mol. The van der Waals surface area contributed by atoms with Gasteiger partial charge in [-0.2, -0.15) is 10.2 Å². The Hall–Kier alpha value is -2.87. The highest BCUT2D eigenvalue weighted by atomic mass is 16.4. The molecule has 25 heavy (non-hydrogen) atoms. The van der Waals surface area contributed by atoms with E-state index in [4.69, 9.17) is 4.42 Å². The zero-order valence-corrected chi connectivity index (χ0v) is 14.6. The van der Waals surface area contributed by atoms with Crippen molar-refractivity contribution in [3.8, 4) is 11.3 Å². The number of nitrogens with zero attached hydrogens (tertiary/aromatic N) is 3. The van der Waals surface area contributed by atoms with Gasteiger partial charge in [0.1, 0.15) is 17.1 Å². The van der Waals surface area contributed by atoms with Gasteiger partial charge < -0.3 is 14.8 Å². The molecule has 8 nitrogen and oxygen atoms in total. The second-order valence-electron chi connectivity index (χ2n) is 6.27. The van der Waals surface area contributed by atoms with E-state index >= 15 is 0 Å². The maximum atomic E-state index is 12.3. The normalized spacial score (nSPS) is 13.6. The topological polar surface area (TPSA) is 109 Å². The van der Waals surface area contributed by atoms with Gasteiger partial charge in [0, 0.05) is 18.3 Å². The van der Waals surface area contributed by atoms with E-state index in [1.165, 1.54) is 6.26 Å². The van der Waals surface area contributed by atoms with Crippen LogP contribution in [0.2, 0.25) is 0 Å². The summed E-state index contributed by atoms with van der Waals surface area (Å²) in [6.45, 7) is 5.44. The molecule has 0 aromatic carbocycles. The average molecular weight is 343 g/mol. The number of rotatable bonds is 5. The molecule has 0 spiro atoms. The number of carbonyl (C=O) groups excluding carboxylic acids is 1. The standard InChI is InChI=1S/C17H21N5O3/c1-10-15(11(2)22(4)21-10)12-8-13(20-19-12)16(23)18-9-17(3,24)14-6-5-7-25-14/h5-8,24H,9H2,1-4H3,(H,18,23)(H,19,20). The maximum absolute atomic E-state index is 12.3. The number of furan rings is 1. The first-order chi connectivity index (χ1) is 11.8. The van der Waals surface area contributed by atoms with E-state index in [2.05, 4.69) is 20.6 Å². The molecule has 0 saturated carbocycles. The van der Waals surface area contributed by atoms with Gasteiger partial charge in [0.25, 0.3) is 5.91 Å². The third kappa shape index (κ3) is 3.20. The zero-order valence-electron chi connectivity index (χ0n) is 14.6. The maximum Gasteiger partial charge on any atom is 0.269 e. The van der Waals surface area contributed by atoms with Gasteiger partial charge in [-0.1, -0.05) is 0 Å². The van der Waals surface area contributed by atoms with Crippen molar-refractivity contribution in [2.24, 2.45) is 7.05 Å². The van der Waals surface area contributed by atoms with E-state index in [-0.39, 0.29) is 12.5 Å². The van der Waals surface area contributed by atoms with Gasteiger partial charge in [0.2, 0.25) is 0 Å². The van der Waals surface area contributed by atoms with E-state index in [9.17, 15) is 9.90 Å². The van der Waals surface area contributed by atoms with Crippen LogP contribution in [0.25, 0.3) is 11.3 Å². The van der Waals surface area contributed by atoms with E-state index in [1.807, 2.05) is 20.9 Å². The van der Waals surface area contributed by atoms with Crippen molar-refractivity contribution in [3.63, 3.8) is 0 Å². The average Bonchev–Trinajstić information content (AvgIpc) is 3.27. The van der Waals surface area contributed by atoms with Crippen molar-refractivity contribution >= 4 is 5.91 Å². The van der Waals surface area contributed by atoms with E-state index in [1.54, 1.807) is 29.8 Å². The summed E-state index contributed by atoms with van der Waals surface area (Å²) in [5, 5.41) is 24.4. The molecule has 132 valence electrons. The quantitative estimate of drug-likeness (QED) is 0.653. The lowest BCUT2D eigenvalue weighted by molar-refractivity contribution is 0.0329. The molecule has 0 aliphatic heterocycles. The molecular formula is C17H21N5O3. The Morgan fingerprint density at radius 1 is 1.48 bits per heavy atom. The predicted molar refractivity (Wildman–Crippen MR) is 90.9 cm³/mol. The molecule has 3 heterocycles. The van der Waals surface area contributed by atoms with Crippen LogP contribution in [0.5, 0.6) is 0 Å². The van der Waals surface area contributed by atoms with Crippen LogP contribution >= 0.6 is 0 Å². The van der Waals surface area contributed by atoms with Crippen LogP contribution in [0.1, 0.15) is 34.6 Å². The van der Waals surface area contributed by atoms with Crippen molar-refractivity contribution in [2.75, 3.05) is 6.54 Å². The van der Waals surface area contributed by atoms with Gasteiger partial charge >= 0.3 is 0 Å². The molecule has 8 heteroatoms. The van der Waals surface area contributed by atoms with Crippen LogP contribution in [0.4, 0.5) is 0 Å². The first kappa shape index (κ1) is 17.0. The fourth-order valence-corrected chi connectivity index (χ4v) is 2.73. The summed E-state index contributed by atoms with van der Waals surface area (Å²) >= 11 is 0. The number of amides is 1. The highest BCUT2D eigenvalue weighted by Crippen LogP contribution is 2.25. The van der Waals surface area contributed by atoms with Gasteiger partial charge in [-0.3, -0.25) is 14.6 Å². The summed E-state index contributed by atoms with van der Waals surface area (Å²) in [6.07, 6.45) is 1.48. The molecule has 0 bridgehead atoms. The van der Waals surface area contributed by atoms with Gasteiger partial charge in [0.05, 0.1) is 24.2 Å². The number of H-pyrrole nitrogens is 1. The van der Waals surface area contributed by atoms with Crippen molar-refractivity contribution in [1.82, 2.24) is 25.3 Å². The number of carbonyl (C=O) groups is 1.